The van der Waals surface area contributed by atoms with Crippen LogP contribution in [0.3, 0.4) is 0 Å². The Balaban J connectivity index is 3.92. The SMILES string of the molecule is CC/C=C\C/C=C\C/C=C\C/C=C\C/C=C\C/C=C\CCCCCCCCCCCCCCCCCCCCC(=O)OC(COC(=O)CCCCCCCCCCCCCCCCCCCCCCCCCCCCCCCCCCC)COP(=O)([O-])OCC[N+](C)(C)C. The Labute approximate surface area is 584 Å². The van der Waals surface area contributed by atoms with Crippen molar-refractivity contribution in [2.24, 2.45) is 0 Å². The molecular weight excluding hydrogens is 1180 g/mol. The van der Waals surface area contributed by atoms with Crippen molar-refractivity contribution >= 4 is 19.8 Å². The average molecular weight is 1340 g/mol. The third kappa shape index (κ3) is 78.4. The van der Waals surface area contributed by atoms with Gasteiger partial charge < -0.3 is 27.9 Å². The van der Waals surface area contributed by atoms with E-state index >= 15 is 0 Å². The number of likely N-dealkylation sites (N-methyl/N-ethyl adjacent to an activating group) is 1. The zero-order valence-corrected chi connectivity index (χ0v) is 63.8. The van der Waals surface area contributed by atoms with Crippen LogP contribution >= 0.6 is 7.82 Å². The van der Waals surface area contributed by atoms with Crippen molar-refractivity contribution in [1.82, 2.24) is 0 Å². The summed E-state index contributed by atoms with van der Waals surface area (Å²) in [5.74, 6) is -0.811. The van der Waals surface area contributed by atoms with Crippen molar-refractivity contribution in [3.63, 3.8) is 0 Å². The van der Waals surface area contributed by atoms with Crippen LogP contribution in [-0.4, -0.2) is 70.0 Å². The summed E-state index contributed by atoms with van der Waals surface area (Å²) in [6.45, 7) is 4.20. The summed E-state index contributed by atoms with van der Waals surface area (Å²) in [4.78, 5) is 38.2. The summed E-state index contributed by atoms with van der Waals surface area (Å²) in [5, 5.41) is 0. The molecule has 0 aliphatic rings. The predicted molar refractivity (Wildman–Crippen MR) is 406 cm³/mol. The van der Waals surface area contributed by atoms with Gasteiger partial charge in [0.25, 0.3) is 7.82 Å². The number of hydrogen-bond acceptors (Lipinski definition) is 8. The van der Waals surface area contributed by atoms with E-state index in [9.17, 15) is 19.0 Å². The lowest BCUT2D eigenvalue weighted by molar-refractivity contribution is -0.870. The van der Waals surface area contributed by atoms with Crippen LogP contribution in [0.1, 0.15) is 399 Å². The highest BCUT2D eigenvalue weighted by Gasteiger charge is 2.22. The van der Waals surface area contributed by atoms with E-state index in [4.69, 9.17) is 18.5 Å². The molecule has 0 aromatic heterocycles. The van der Waals surface area contributed by atoms with E-state index in [1.165, 1.54) is 289 Å². The Morgan fingerprint density at radius 2 is 0.606 bits per heavy atom. The molecule has 94 heavy (non-hydrogen) atoms. The molecule has 0 aromatic carbocycles. The van der Waals surface area contributed by atoms with Gasteiger partial charge in [0, 0.05) is 12.8 Å². The molecule has 0 spiro atoms. The van der Waals surface area contributed by atoms with Crippen LogP contribution < -0.4 is 4.89 Å². The number of nitrogens with zero attached hydrogens (tertiary/aromatic N) is 1. The molecule has 0 aliphatic heterocycles. The van der Waals surface area contributed by atoms with Gasteiger partial charge in [-0.3, -0.25) is 14.2 Å². The maximum absolute atomic E-state index is 12.9. The number of ether oxygens (including phenoxy) is 2. The number of carbonyl (C=O) groups excluding carboxylic acids is 2. The third-order valence-electron chi connectivity index (χ3n) is 18.2. The average Bonchev–Trinajstić information content (AvgIpc) is 1.56. The van der Waals surface area contributed by atoms with Crippen LogP contribution in [0.4, 0.5) is 0 Å². The second-order valence-corrected chi connectivity index (χ2v) is 30.2. The smallest absolute Gasteiger partial charge is 0.306 e. The summed E-state index contributed by atoms with van der Waals surface area (Å²) in [6.07, 6.45) is 102. The molecule has 0 bridgehead atoms. The second kappa shape index (κ2) is 74.7. The molecule has 0 saturated heterocycles. The Morgan fingerprint density at radius 3 is 0.904 bits per heavy atom. The molecular formula is C84H156NO8P. The second-order valence-electron chi connectivity index (χ2n) is 28.8. The van der Waals surface area contributed by atoms with Crippen LogP contribution in [0.15, 0.2) is 72.9 Å². The number of carbonyl (C=O) groups is 2. The summed E-state index contributed by atoms with van der Waals surface area (Å²) in [6, 6.07) is 0. The Bertz CT molecular complexity index is 1820. The number of unbranched alkanes of at least 4 members (excludes halogenated alkanes) is 50. The number of phosphoric ester groups is 1. The first-order valence-corrected chi connectivity index (χ1v) is 42.1. The standard InChI is InChI=1S/C84H156NO8P/c1-6-8-10-12-14-16-18-20-22-24-26-28-30-32-34-36-38-40-41-42-43-45-47-49-51-53-55-57-59-61-63-65-67-69-71-73-75-77-84(87)93-82(81-92-94(88,89)91-79-78-85(3,4)5)80-90-83(86)76-74-72-70-68-66-64-62-60-58-56-54-52-50-48-46-44-39-37-35-33-31-29-27-25-23-21-19-17-15-13-11-9-7-2/h8,10,14,16,20,22,26,28,32,34,38,40,82H,6-7,9,11-13,15,17-19,21,23-25,27,29-31,33,35-37,39,41-81H2,1-5H3/b10-8-,16-14-,22-20-,28-26-,34-32-,40-38-. The first-order chi connectivity index (χ1) is 46.0. The van der Waals surface area contributed by atoms with E-state index in [0.717, 1.165) is 77.0 Å². The van der Waals surface area contributed by atoms with Crippen LogP contribution in [0, 0.1) is 0 Å². The largest absolute Gasteiger partial charge is 0.756 e. The van der Waals surface area contributed by atoms with Gasteiger partial charge in [-0.1, -0.05) is 395 Å². The summed E-state index contributed by atoms with van der Waals surface area (Å²) >= 11 is 0. The molecule has 9 nitrogen and oxygen atoms in total. The van der Waals surface area contributed by atoms with E-state index in [-0.39, 0.29) is 32.0 Å². The lowest BCUT2D eigenvalue weighted by Crippen LogP contribution is -2.37. The molecule has 0 amide bonds. The number of phosphoric acid groups is 1. The van der Waals surface area contributed by atoms with Gasteiger partial charge >= 0.3 is 11.9 Å². The molecule has 10 heteroatoms. The quantitative estimate of drug-likeness (QED) is 0.0195. The fraction of sp³-hybridized carbons (Fsp3) is 0.833. The highest BCUT2D eigenvalue weighted by molar-refractivity contribution is 7.45. The Hall–Kier alpha value is -2.55. The highest BCUT2D eigenvalue weighted by atomic mass is 31.2. The van der Waals surface area contributed by atoms with Crippen molar-refractivity contribution < 1.29 is 42.1 Å². The number of allylic oxidation sites excluding steroid dienone is 12. The fourth-order valence-corrected chi connectivity index (χ4v) is 12.8. The maximum Gasteiger partial charge on any atom is 0.306 e. The van der Waals surface area contributed by atoms with Crippen LogP contribution in [0.2, 0.25) is 0 Å². The van der Waals surface area contributed by atoms with E-state index in [2.05, 4.69) is 86.8 Å². The third-order valence-corrected chi connectivity index (χ3v) is 19.2. The van der Waals surface area contributed by atoms with Crippen LogP contribution in [-0.2, 0) is 32.7 Å². The molecule has 0 heterocycles. The van der Waals surface area contributed by atoms with Crippen molar-refractivity contribution in [1.29, 1.82) is 0 Å². The van der Waals surface area contributed by atoms with Gasteiger partial charge in [-0.2, -0.15) is 0 Å². The molecule has 0 fully saturated rings. The first kappa shape index (κ1) is 91.4. The van der Waals surface area contributed by atoms with Gasteiger partial charge in [0.15, 0.2) is 6.10 Å². The van der Waals surface area contributed by atoms with Gasteiger partial charge in [0.1, 0.15) is 19.8 Å². The van der Waals surface area contributed by atoms with E-state index in [0.29, 0.717) is 17.4 Å². The summed E-state index contributed by atoms with van der Waals surface area (Å²) in [7, 11) is 1.18. The van der Waals surface area contributed by atoms with Gasteiger partial charge in [-0.15, -0.1) is 0 Å². The molecule has 0 radical (unpaired) electrons. The number of hydrogen-bond donors (Lipinski definition) is 0. The lowest BCUT2D eigenvalue weighted by Gasteiger charge is -2.28. The predicted octanol–water partition coefficient (Wildman–Crippen LogP) is 26.4. The molecule has 550 valence electrons. The summed E-state index contributed by atoms with van der Waals surface area (Å²) in [5.41, 5.74) is 0. The molecule has 0 saturated carbocycles. The molecule has 2 atom stereocenters. The Kier molecular flexibility index (Phi) is 72.6. The minimum atomic E-state index is -4.65. The van der Waals surface area contributed by atoms with Gasteiger partial charge in [0.2, 0.25) is 0 Å². The first-order valence-electron chi connectivity index (χ1n) is 40.6. The maximum atomic E-state index is 12.9. The van der Waals surface area contributed by atoms with Crippen LogP contribution in [0.5, 0.6) is 0 Å². The molecule has 0 aromatic rings. The zero-order valence-electron chi connectivity index (χ0n) is 62.9. The Morgan fingerprint density at radius 1 is 0.340 bits per heavy atom. The van der Waals surface area contributed by atoms with Crippen molar-refractivity contribution in [2.75, 3.05) is 47.5 Å². The molecule has 0 rings (SSSR count). The van der Waals surface area contributed by atoms with Crippen molar-refractivity contribution in [2.45, 2.75) is 405 Å². The number of quaternary nitrogens is 1. The topological polar surface area (TPSA) is 111 Å². The highest BCUT2D eigenvalue weighted by Crippen LogP contribution is 2.38. The van der Waals surface area contributed by atoms with Gasteiger partial charge in [0.05, 0.1) is 27.7 Å². The van der Waals surface area contributed by atoms with Crippen molar-refractivity contribution in [3.8, 4) is 0 Å². The van der Waals surface area contributed by atoms with E-state index in [1.807, 2.05) is 21.1 Å². The lowest BCUT2D eigenvalue weighted by atomic mass is 10.0. The van der Waals surface area contributed by atoms with Crippen LogP contribution in [0.25, 0.3) is 0 Å². The minimum absolute atomic E-state index is 0.0292. The van der Waals surface area contributed by atoms with Gasteiger partial charge in [-0.25, -0.2) is 0 Å². The number of rotatable bonds is 76. The molecule has 0 aliphatic carbocycles. The van der Waals surface area contributed by atoms with Crippen molar-refractivity contribution in [3.05, 3.63) is 72.9 Å². The van der Waals surface area contributed by atoms with Gasteiger partial charge in [-0.05, 0) is 64.2 Å². The van der Waals surface area contributed by atoms with E-state index in [1.54, 1.807) is 0 Å². The number of esters is 2. The monoisotopic (exact) mass is 1340 g/mol. The fourth-order valence-electron chi connectivity index (χ4n) is 12.1. The molecule has 0 N–H and O–H groups in total. The normalized spacial score (nSPS) is 13.4. The zero-order chi connectivity index (χ0) is 68.3. The molecule has 2 unspecified atom stereocenters. The van der Waals surface area contributed by atoms with E-state index < -0.39 is 26.5 Å². The minimum Gasteiger partial charge on any atom is -0.756 e. The summed E-state index contributed by atoms with van der Waals surface area (Å²) < 4.78 is 34.4.